The van der Waals surface area contributed by atoms with E-state index in [-0.39, 0.29) is 36.0 Å². The first kappa shape index (κ1) is 41.2. The Morgan fingerprint density at radius 2 is 1.64 bits per heavy atom. The molecule has 0 aliphatic carbocycles. The Kier molecular flexibility index (Phi) is 11.8. The minimum Gasteiger partial charge on any atom is -0.489 e. The zero-order valence-electron chi connectivity index (χ0n) is 32.6. The molecule has 2 amide bonds. The van der Waals surface area contributed by atoms with Crippen LogP contribution in [0.15, 0.2) is 103 Å². The van der Waals surface area contributed by atoms with Crippen molar-refractivity contribution in [2.45, 2.75) is 51.1 Å². The fraction of sp³-hybridized carbons (Fsp3) is 0.196. The van der Waals surface area contributed by atoms with Crippen molar-refractivity contribution >= 4 is 57.5 Å². The van der Waals surface area contributed by atoms with E-state index in [1.807, 2.05) is 66.7 Å². The number of aromatic nitrogens is 1. The van der Waals surface area contributed by atoms with Crippen molar-refractivity contribution in [2.24, 2.45) is 0 Å². The van der Waals surface area contributed by atoms with Crippen molar-refractivity contribution in [3.63, 3.8) is 0 Å². The van der Waals surface area contributed by atoms with E-state index in [2.05, 4.69) is 16.4 Å². The van der Waals surface area contributed by atoms with Crippen LogP contribution in [0.25, 0.3) is 11.1 Å². The van der Waals surface area contributed by atoms with Gasteiger partial charge in [-0.1, -0.05) is 89.1 Å². The van der Waals surface area contributed by atoms with Crippen molar-refractivity contribution in [3.8, 4) is 34.4 Å². The topological polar surface area (TPSA) is 177 Å². The van der Waals surface area contributed by atoms with Gasteiger partial charge >= 0.3 is 5.97 Å². The number of hydrogen-bond donors (Lipinski definition) is 3. The number of rotatable bonds is 11. The molecule has 15 heteroatoms. The summed E-state index contributed by atoms with van der Waals surface area (Å²) in [7, 11) is 0. The van der Waals surface area contributed by atoms with Gasteiger partial charge < -0.3 is 35.3 Å². The van der Waals surface area contributed by atoms with Crippen LogP contribution < -0.4 is 25.3 Å². The number of nitrogens with two attached hydrogens (primary N) is 1. The normalized spacial score (nSPS) is 15.9. The zero-order valence-corrected chi connectivity index (χ0v) is 34.9. The van der Waals surface area contributed by atoms with Gasteiger partial charge in [-0.15, -0.1) is 0 Å². The second-order valence-electron chi connectivity index (χ2n) is 14.7. The first-order valence-corrected chi connectivity index (χ1v) is 20.8. The summed E-state index contributed by atoms with van der Waals surface area (Å²) in [5, 5.41) is 23.2. The average molecular weight is 875 g/mol. The number of nitriles is 1. The van der Waals surface area contributed by atoms with E-state index in [9.17, 15) is 19.5 Å². The molecule has 12 nitrogen and oxygen atoms in total. The number of anilines is 1. The predicted octanol–water partition coefficient (Wildman–Crippen LogP) is 8.35. The molecular formula is C46H37Cl2N5O7S. The van der Waals surface area contributed by atoms with Crippen LogP contribution in [0.3, 0.4) is 0 Å². The summed E-state index contributed by atoms with van der Waals surface area (Å²) in [5.41, 5.74) is 12.7. The molecule has 6 aromatic rings. The quantitative estimate of drug-likeness (QED) is 0.115. The lowest BCUT2D eigenvalue weighted by atomic mass is 9.91. The highest BCUT2D eigenvalue weighted by Crippen LogP contribution is 2.41. The Hall–Kier alpha value is -6.59. The second-order valence-corrected chi connectivity index (χ2v) is 16.5. The Bertz CT molecular complexity index is 2680. The van der Waals surface area contributed by atoms with Crippen molar-refractivity contribution in [1.82, 2.24) is 15.2 Å². The average Bonchev–Trinajstić information content (AvgIpc) is 3.62. The number of carbonyl (C=O) groups is 3. The molecule has 0 saturated carbocycles. The minimum atomic E-state index is -1.28. The standard InChI is InChI=1S/C46H37Cl2N5O7S/c1-25-42(61-46(50)51-25)44(55)53-22-33-20-40-39(59-24-41(60-40)31-11-13-34(14-12-31)58-23-28-6-15-35(47)36(48)16-28)19-32(33)18-38(53)43(54)52-37(45(56)57)17-26-2-7-29(8-3-26)30-9-4-27(21-49)5-10-30/h2-16,19-20,37-38,41H,17-18,22-24H2,1H3,(H2,50,51)(H,52,54)(H,56,57)/t37-,38-,41?/m0/s1. The number of carboxylic acids is 1. The summed E-state index contributed by atoms with van der Waals surface area (Å²) in [6, 6.07) is 30.8. The van der Waals surface area contributed by atoms with Gasteiger partial charge in [0.1, 0.15) is 35.9 Å². The molecule has 1 aromatic heterocycles. The molecule has 0 saturated heterocycles. The van der Waals surface area contributed by atoms with E-state index in [4.69, 9.17) is 48.4 Å². The first-order chi connectivity index (χ1) is 29.4. The third kappa shape index (κ3) is 9.12. The number of hydrogen-bond acceptors (Lipinski definition) is 10. The Morgan fingerprint density at radius 1 is 0.951 bits per heavy atom. The lowest BCUT2D eigenvalue weighted by Crippen LogP contribution is -2.55. The number of carbonyl (C=O) groups excluding carboxylic acids is 2. The molecular weight excluding hydrogens is 838 g/mol. The molecule has 3 atom stereocenters. The van der Waals surface area contributed by atoms with Gasteiger partial charge in [-0.3, -0.25) is 9.59 Å². The lowest BCUT2D eigenvalue weighted by molar-refractivity contribution is -0.142. The van der Waals surface area contributed by atoms with Crippen molar-refractivity contribution in [1.29, 1.82) is 5.26 Å². The molecule has 5 aromatic carbocycles. The van der Waals surface area contributed by atoms with Crippen molar-refractivity contribution < 1.29 is 33.7 Å². The van der Waals surface area contributed by atoms with Gasteiger partial charge in [0.2, 0.25) is 5.91 Å². The third-order valence-corrected chi connectivity index (χ3v) is 12.3. The van der Waals surface area contributed by atoms with E-state index in [1.54, 1.807) is 43.3 Å². The summed E-state index contributed by atoms with van der Waals surface area (Å²) in [6.07, 6.45) is -0.335. The molecule has 0 radical (unpaired) electrons. The summed E-state index contributed by atoms with van der Waals surface area (Å²) in [5.74, 6) is -0.641. The number of aryl methyl sites for hydroxylation is 1. The number of ether oxygens (including phenoxy) is 3. The van der Waals surface area contributed by atoms with Gasteiger partial charge in [0.25, 0.3) is 5.91 Å². The molecule has 3 heterocycles. The number of carboxylic acid groups (broad SMARTS) is 1. The van der Waals surface area contributed by atoms with Crippen LogP contribution in [0.2, 0.25) is 10.0 Å². The summed E-state index contributed by atoms with van der Waals surface area (Å²) in [6.45, 7) is 2.25. The maximum Gasteiger partial charge on any atom is 0.326 e. The van der Waals surface area contributed by atoms with Gasteiger partial charge in [0.05, 0.1) is 27.4 Å². The van der Waals surface area contributed by atoms with Gasteiger partial charge in [0, 0.05) is 19.4 Å². The largest absolute Gasteiger partial charge is 0.489 e. The van der Waals surface area contributed by atoms with E-state index >= 15 is 0 Å². The Morgan fingerprint density at radius 3 is 2.30 bits per heavy atom. The first-order valence-electron chi connectivity index (χ1n) is 19.2. The highest BCUT2D eigenvalue weighted by Gasteiger charge is 2.39. The van der Waals surface area contributed by atoms with Crippen molar-refractivity contribution in [3.05, 3.63) is 157 Å². The second kappa shape index (κ2) is 17.6. The summed E-state index contributed by atoms with van der Waals surface area (Å²) >= 11 is 13.2. The Balaban J connectivity index is 0.986. The number of aliphatic carboxylic acids is 1. The highest BCUT2D eigenvalue weighted by molar-refractivity contribution is 7.17. The van der Waals surface area contributed by atoms with E-state index < -0.39 is 36.0 Å². The zero-order chi connectivity index (χ0) is 42.8. The third-order valence-electron chi connectivity index (χ3n) is 10.6. The number of nitrogen functional groups attached to an aromatic ring is 1. The van der Waals surface area contributed by atoms with Gasteiger partial charge in [-0.05, 0) is 94.4 Å². The van der Waals surface area contributed by atoms with Crippen LogP contribution >= 0.6 is 34.5 Å². The van der Waals surface area contributed by atoms with E-state index in [0.29, 0.717) is 50.7 Å². The molecule has 1 unspecified atom stereocenters. The SMILES string of the molecule is Cc1nc(N)sc1C(=O)N1Cc2cc3c(cc2C[C@H]1C(=O)N[C@@H](Cc1ccc(-c2ccc(C#N)cc2)cc1)C(=O)O)OCC(c1ccc(OCc2ccc(Cl)c(Cl)c2)cc1)O3. The van der Waals surface area contributed by atoms with E-state index in [0.717, 1.165) is 44.7 Å². The van der Waals surface area contributed by atoms with Crippen LogP contribution in [0.5, 0.6) is 17.2 Å². The number of amides is 2. The number of nitrogens with zero attached hydrogens (tertiary/aromatic N) is 3. The fourth-order valence-corrected chi connectivity index (χ4v) is 8.47. The van der Waals surface area contributed by atoms with Crippen LogP contribution in [0.1, 0.15) is 54.9 Å². The fourth-order valence-electron chi connectivity index (χ4n) is 7.36. The van der Waals surface area contributed by atoms with E-state index in [1.165, 1.54) is 4.90 Å². The van der Waals surface area contributed by atoms with Gasteiger partial charge in [-0.25, -0.2) is 9.78 Å². The molecule has 8 rings (SSSR count). The van der Waals surface area contributed by atoms with Crippen LogP contribution in [-0.2, 0) is 35.6 Å². The maximum atomic E-state index is 14.2. The molecule has 0 fully saturated rings. The van der Waals surface area contributed by atoms with Crippen molar-refractivity contribution in [2.75, 3.05) is 12.3 Å². The monoisotopic (exact) mass is 873 g/mol. The molecule has 0 spiro atoms. The lowest BCUT2D eigenvalue weighted by Gasteiger charge is -2.37. The maximum absolute atomic E-state index is 14.2. The Labute approximate surface area is 365 Å². The molecule has 61 heavy (non-hydrogen) atoms. The molecule has 0 bridgehead atoms. The highest BCUT2D eigenvalue weighted by atomic mass is 35.5. The summed E-state index contributed by atoms with van der Waals surface area (Å²) < 4.78 is 18.6. The smallest absolute Gasteiger partial charge is 0.326 e. The van der Waals surface area contributed by atoms with Gasteiger partial charge in [-0.2, -0.15) is 5.26 Å². The molecule has 2 aliphatic rings. The van der Waals surface area contributed by atoms with Crippen LogP contribution in [0.4, 0.5) is 5.13 Å². The number of benzene rings is 5. The molecule has 308 valence electrons. The predicted molar refractivity (Wildman–Crippen MR) is 231 cm³/mol. The van der Waals surface area contributed by atoms with Crippen LogP contribution in [0, 0.1) is 18.3 Å². The van der Waals surface area contributed by atoms with Crippen LogP contribution in [-0.4, -0.2) is 51.5 Å². The number of fused-ring (bicyclic) bond motifs is 2. The number of thiazole rings is 1. The molecule has 2 aliphatic heterocycles. The number of halogens is 2. The van der Waals surface area contributed by atoms with Gasteiger partial charge in [0.15, 0.2) is 22.7 Å². The number of nitrogens with one attached hydrogen (secondary N) is 1. The molecule has 4 N–H and O–H groups in total. The summed E-state index contributed by atoms with van der Waals surface area (Å²) in [4.78, 5) is 46.9. The minimum absolute atomic E-state index is 0.00476.